The Labute approximate surface area is 109 Å². The molecule has 0 radical (unpaired) electrons. The van der Waals surface area contributed by atoms with Gasteiger partial charge in [0, 0.05) is 19.7 Å². The first-order valence-electron chi connectivity index (χ1n) is 5.99. The molecule has 2 rings (SSSR count). The van der Waals surface area contributed by atoms with E-state index in [9.17, 15) is 15.2 Å². The summed E-state index contributed by atoms with van der Waals surface area (Å²) in [5.41, 5.74) is 2.12. The van der Waals surface area contributed by atoms with Gasteiger partial charge in [0.1, 0.15) is 6.20 Å². The van der Waals surface area contributed by atoms with Crippen molar-refractivity contribution in [2.45, 2.75) is 12.8 Å². The maximum atomic E-state index is 11.0. The van der Waals surface area contributed by atoms with Crippen molar-refractivity contribution in [3.05, 3.63) is 16.3 Å². The minimum atomic E-state index is -0.516. The van der Waals surface area contributed by atoms with E-state index in [4.69, 9.17) is 5.84 Å². The number of hydrogen-bond donors (Lipinski definition) is 3. The van der Waals surface area contributed by atoms with Gasteiger partial charge in [-0.25, -0.2) is 10.8 Å². The first-order chi connectivity index (χ1) is 9.15. The van der Waals surface area contributed by atoms with Crippen molar-refractivity contribution < 1.29 is 10.0 Å². The van der Waals surface area contributed by atoms with Crippen molar-refractivity contribution in [2.75, 3.05) is 30.0 Å². The van der Waals surface area contributed by atoms with Crippen LogP contribution in [-0.4, -0.2) is 39.7 Å². The first-order valence-corrected chi connectivity index (χ1v) is 5.99. The Balaban J connectivity index is 2.32. The number of nitro groups is 1. The second kappa shape index (κ2) is 5.76. The van der Waals surface area contributed by atoms with Crippen LogP contribution in [0.15, 0.2) is 6.20 Å². The lowest BCUT2D eigenvalue weighted by atomic mass is 9.99. The van der Waals surface area contributed by atoms with Gasteiger partial charge in [-0.1, -0.05) is 0 Å². The Bertz CT molecular complexity index is 469. The molecule has 1 aliphatic heterocycles. The van der Waals surface area contributed by atoms with Crippen LogP contribution in [0, 0.1) is 16.0 Å². The number of nitrogens with zero attached hydrogens (tertiary/aromatic N) is 4. The van der Waals surface area contributed by atoms with Crippen LogP contribution in [0.3, 0.4) is 0 Å². The fraction of sp³-hybridized carbons (Fsp3) is 0.600. The molecule has 1 aromatic rings. The molecule has 0 aromatic carbocycles. The SMILES string of the molecule is NNc1ncc([N+](=O)[O-])c(N2CCCC(CO)C2)n1. The highest BCUT2D eigenvalue weighted by Gasteiger charge is 2.27. The van der Waals surface area contributed by atoms with Crippen molar-refractivity contribution in [2.24, 2.45) is 11.8 Å². The number of aromatic nitrogens is 2. The number of piperidine rings is 1. The van der Waals surface area contributed by atoms with E-state index in [1.54, 1.807) is 4.90 Å². The molecular weight excluding hydrogens is 252 g/mol. The third kappa shape index (κ3) is 2.88. The van der Waals surface area contributed by atoms with Crippen LogP contribution < -0.4 is 16.2 Å². The molecule has 9 heteroatoms. The molecule has 0 amide bonds. The van der Waals surface area contributed by atoms with Crippen molar-refractivity contribution in [3.63, 3.8) is 0 Å². The van der Waals surface area contributed by atoms with Crippen molar-refractivity contribution in [3.8, 4) is 0 Å². The lowest BCUT2D eigenvalue weighted by Crippen LogP contribution is -2.37. The standard InChI is InChI=1S/C10H16N6O3/c11-14-10-12-4-8(16(18)19)9(13-10)15-3-1-2-7(5-15)6-17/h4,7,17H,1-3,5-6,11H2,(H,12,13,14). The van der Waals surface area contributed by atoms with Crippen LogP contribution in [0.1, 0.15) is 12.8 Å². The molecule has 104 valence electrons. The molecule has 1 unspecified atom stereocenters. The minimum Gasteiger partial charge on any atom is -0.396 e. The van der Waals surface area contributed by atoms with Gasteiger partial charge in [0.05, 0.1) is 4.92 Å². The van der Waals surface area contributed by atoms with Crippen molar-refractivity contribution in [1.82, 2.24) is 9.97 Å². The maximum absolute atomic E-state index is 11.0. The number of hydrogen-bond acceptors (Lipinski definition) is 8. The number of hydrazine groups is 1. The molecule has 4 N–H and O–H groups in total. The van der Waals surface area contributed by atoms with E-state index < -0.39 is 4.92 Å². The largest absolute Gasteiger partial charge is 0.396 e. The topological polar surface area (TPSA) is 130 Å². The predicted octanol–water partition coefficient (Wildman–Crippen LogP) is -0.121. The lowest BCUT2D eigenvalue weighted by molar-refractivity contribution is -0.384. The summed E-state index contributed by atoms with van der Waals surface area (Å²) in [4.78, 5) is 20.1. The van der Waals surface area contributed by atoms with Gasteiger partial charge in [-0.2, -0.15) is 4.98 Å². The highest BCUT2D eigenvalue weighted by atomic mass is 16.6. The Morgan fingerprint density at radius 1 is 1.68 bits per heavy atom. The molecule has 0 bridgehead atoms. The van der Waals surface area contributed by atoms with E-state index in [0.717, 1.165) is 19.0 Å². The molecule has 1 aromatic heterocycles. The van der Waals surface area contributed by atoms with Gasteiger partial charge in [-0.3, -0.25) is 15.5 Å². The molecule has 0 saturated carbocycles. The van der Waals surface area contributed by atoms with Gasteiger partial charge >= 0.3 is 5.69 Å². The summed E-state index contributed by atoms with van der Waals surface area (Å²) in [5, 5.41) is 20.2. The van der Waals surface area contributed by atoms with E-state index >= 15 is 0 Å². The number of anilines is 2. The smallest absolute Gasteiger partial charge is 0.329 e. The summed E-state index contributed by atoms with van der Waals surface area (Å²) < 4.78 is 0. The van der Waals surface area contributed by atoms with Crippen LogP contribution in [0.25, 0.3) is 0 Å². The zero-order valence-electron chi connectivity index (χ0n) is 10.3. The van der Waals surface area contributed by atoms with E-state index in [1.165, 1.54) is 0 Å². The van der Waals surface area contributed by atoms with E-state index in [2.05, 4.69) is 15.4 Å². The molecule has 1 fully saturated rings. The second-order valence-corrected chi connectivity index (χ2v) is 4.44. The molecule has 0 aliphatic carbocycles. The average Bonchev–Trinajstić information content (AvgIpc) is 2.46. The predicted molar refractivity (Wildman–Crippen MR) is 68.5 cm³/mol. The Kier molecular flexibility index (Phi) is 4.07. The highest BCUT2D eigenvalue weighted by molar-refractivity contribution is 5.59. The van der Waals surface area contributed by atoms with Gasteiger partial charge in [0.25, 0.3) is 0 Å². The minimum absolute atomic E-state index is 0.0668. The number of nitrogens with two attached hydrogens (primary N) is 1. The Morgan fingerprint density at radius 3 is 3.11 bits per heavy atom. The number of aliphatic hydroxyl groups is 1. The quantitative estimate of drug-likeness (QED) is 0.391. The van der Waals surface area contributed by atoms with Gasteiger partial charge in [0.15, 0.2) is 0 Å². The van der Waals surface area contributed by atoms with E-state index in [0.29, 0.717) is 13.1 Å². The Hall–Kier alpha value is -2.00. The van der Waals surface area contributed by atoms with E-state index in [-0.39, 0.29) is 30.0 Å². The molecule has 19 heavy (non-hydrogen) atoms. The number of nitrogen functional groups attached to an aromatic ring is 1. The fourth-order valence-electron chi connectivity index (χ4n) is 2.20. The lowest BCUT2D eigenvalue weighted by Gasteiger charge is -2.32. The molecule has 1 atom stereocenters. The number of rotatable bonds is 4. The summed E-state index contributed by atoms with van der Waals surface area (Å²) in [5.74, 6) is 5.71. The van der Waals surface area contributed by atoms with Crippen LogP contribution in [0.5, 0.6) is 0 Å². The van der Waals surface area contributed by atoms with Crippen molar-refractivity contribution in [1.29, 1.82) is 0 Å². The zero-order chi connectivity index (χ0) is 13.8. The molecule has 0 spiro atoms. The number of aliphatic hydroxyl groups excluding tert-OH is 1. The monoisotopic (exact) mass is 268 g/mol. The van der Waals surface area contributed by atoms with Gasteiger partial charge in [0.2, 0.25) is 11.8 Å². The second-order valence-electron chi connectivity index (χ2n) is 4.44. The molecule has 2 heterocycles. The van der Waals surface area contributed by atoms with Crippen LogP contribution in [0.4, 0.5) is 17.5 Å². The van der Waals surface area contributed by atoms with Crippen LogP contribution in [0.2, 0.25) is 0 Å². The summed E-state index contributed by atoms with van der Waals surface area (Å²) in [6.07, 6.45) is 2.91. The van der Waals surface area contributed by atoms with Gasteiger partial charge in [-0.15, -0.1) is 0 Å². The van der Waals surface area contributed by atoms with Crippen LogP contribution >= 0.6 is 0 Å². The summed E-state index contributed by atoms with van der Waals surface area (Å²) in [7, 11) is 0. The maximum Gasteiger partial charge on any atom is 0.329 e. The highest BCUT2D eigenvalue weighted by Crippen LogP contribution is 2.29. The fourth-order valence-corrected chi connectivity index (χ4v) is 2.20. The number of nitrogens with one attached hydrogen (secondary N) is 1. The summed E-state index contributed by atoms with van der Waals surface area (Å²) in [6.45, 7) is 1.27. The molecule has 1 saturated heterocycles. The first kappa shape index (κ1) is 13.4. The normalized spacial score (nSPS) is 19.3. The van der Waals surface area contributed by atoms with Gasteiger partial charge in [-0.05, 0) is 18.8 Å². The molecular formula is C10H16N6O3. The Morgan fingerprint density at radius 2 is 2.47 bits per heavy atom. The third-order valence-corrected chi connectivity index (χ3v) is 3.15. The molecule has 1 aliphatic rings. The summed E-state index contributed by atoms with van der Waals surface area (Å²) in [6, 6.07) is 0. The third-order valence-electron chi connectivity index (χ3n) is 3.15. The van der Waals surface area contributed by atoms with Gasteiger partial charge < -0.3 is 10.0 Å². The molecule has 9 nitrogen and oxygen atoms in total. The average molecular weight is 268 g/mol. The zero-order valence-corrected chi connectivity index (χ0v) is 10.3. The summed E-state index contributed by atoms with van der Waals surface area (Å²) >= 11 is 0. The van der Waals surface area contributed by atoms with E-state index in [1.807, 2.05) is 0 Å². The van der Waals surface area contributed by atoms with Crippen LogP contribution in [-0.2, 0) is 0 Å². The van der Waals surface area contributed by atoms with Crippen molar-refractivity contribution >= 4 is 17.5 Å².